The summed E-state index contributed by atoms with van der Waals surface area (Å²) in [4.78, 5) is 12.1. The van der Waals surface area contributed by atoms with Crippen LogP contribution in [0.2, 0.25) is 0 Å². The molecule has 0 unspecified atom stereocenters. The molecule has 0 fully saturated rings. The molecule has 3 N–H and O–H groups in total. The van der Waals surface area contributed by atoms with Crippen LogP contribution in [-0.4, -0.2) is 19.0 Å². The summed E-state index contributed by atoms with van der Waals surface area (Å²) >= 11 is 0. The monoisotopic (exact) mass is 214 g/mol. The van der Waals surface area contributed by atoms with Gasteiger partial charge in [-0.2, -0.15) is 0 Å². The maximum atomic E-state index is 12.1. The third-order valence-electron chi connectivity index (χ3n) is 3.06. The molecule has 3 heteroatoms. The van der Waals surface area contributed by atoms with E-state index in [1.807, 2.05) is 0 Å². The van der Waals surface area contributed by atoms with Crippen LogP contribution < -0.4 is 11.1 Å². The van der Waals surface area contributed by atoms with Crippen LogP contribution in [0.1, 0.15) is 47.0 Å². The molecule has 0 saturated carbocycles. The van der Waals surface area contributed by atoms with Crippen molar-refractivity contribution in [3.63, 3.8) is 0 Å². The zero-order valence-electron chi connectivity index (χ0n) is 10.6. The van der Waals surface area contributed by atoms with E-state index in [0.29, 0.717) is 19.0 Å². The Bertz CT molecular complexity index is 186. The van der Waals surface area contributed by atoms with E-state index in [1.165, 1.54) is 0 Å². The van der Waals surface area contributed by atoms with Gasteiger partial charge in [0.25, 0.3) is 0 Å². The second kappa shape index (κ2) is 6.83. The number of amides is 1. The van der Waals surface area contributed by atoms with Crippen LogP contribution in [0.25, 0.3) is 0 Å². The molecule has 0 spiro atoms. The normalized spacial score (nSPS) is 11.9. The minimum absolute atomic E-state index is 0.173. The number of nitrogens with one attached hydrogen (secondary N) is 1. The first-order valence-electron chi connectivity index (χ1n) is 6.00. The minimum Gasteiger partial charge on any atom is -0.354 e. The van der Waals surface area contributed by atoms with Crippen LogP contribution in [0, 0.1) is 11.3 Å². The largest absolute Gasteiger partial charge is 0.354 e. The maximum absolute atomic E-state index is 12.1. The van der Waals surface area contributed by atoms with Crippen molar-refractivity contribution in [1.29, 1.82) is 0 Å². The molecule has 0 aliphatic heterocycles. The van der Waals surface area contributed by atoms with Gasteiger partial charge in [0.15, 0.2) is 0 Å². The molecule has 3 nitrogen and oxygen atoms in total. The summed E-state index contributed by atoms with van der Waals surface area (Å²) in [5.41, 5.74) is 5.20. The van der Waals surface area contributed by atoms with Crippen molar-refractivity contribution in [2.45, 2.75) is 47.0 Å². The van der Waals surface area contributed by atoms with Crippen molar-refractivity contribution in [3.05, 3.63) is 0 Å². The van der Waals surface area contributed by atoms with Crippen LogP contribution in [-0.2, 0) is 4.79 Å². The summed E-state index contributed by atoms with van der Waals surface area (Å²) in [6.07, 6.45) is 2.76. The molecule has 0 heterocycles. The third-order valence-corrected chi connectivity index (χ3v) is 3.06. The Hall–Kier alpha value is -0.570. The van der Waals surface area contributed by atoms with E-state index >= 15 is 0 Å². The molecule has 0 bridgehead atoms. The number of rotatable bonds is 7. The molecule has 0 radical (unpaired) electrons. The van der Waals surface area contributed by atoms with Gasteiger partial charge in [-0.15, -0.1) is 0 Å². The lowest BCUT2D eigenvalue weighted by Crippen LogP contribution is -2.43. The molecule has 1 amide bonds. The summed E-state index contributed by atoms with van der Waals surface area (Å²) in [6.45, 7) is 9.60. The fourth-order valence-corrected chi connectivity index (χ4v) is 2.11. The highest BCUT2D eigenvalue weighted by Crippen LogP contribution is 2.34. The SMILES string of the molecule is CCC(CC)(CC(C)C)C(=O)NCCN. The third kappa shape index (κ3) is 4.20. The lowest BCUT2D eigenvalue weighted by atomic mass is 9.75. The highest BCUT2D eigenvalue weighted by Gasteiger charge is 2.34. The van der Waals surface area contributed by atoms with E-state index in [1.54, 1.807) is 0 Å². The Kier molecular flexibility index (Phi) is 6.57. The standard InChI is InChI=1S/C12H26N2O/c1-5-12(6-2,9-10(3)4)11(15)14-8-7-13/h10H,5-9,13H2,1-4H3,(H,14,15). The zero-order valence-corrected chi connectivity index (χ0v) is 10.6. The predicted octanol–water partition coefficient (Wildman–Crippen LogP) is 1.91. The van der Waals surface area contributed by atoms with Crippen molar-refractivity contribution in [3.8, 4) is 0 Å². The highest BCUT2D eigenvalue weighted by atomic mass is 16.2. The first-order valence-corrected chi connectivity index (χ1v) is 6.00. The van der Waals surface area contributed by atoms with Crippen molar-refractivity contribution in [2.75, 3.05) is 13.1 Å². The Morgan fingerprint density at radius 3 is 2.20 bits per heavy atom. The predicted molar refractivity (Wildman–Crippen MR) is 64.5 cm³/mol. The van der Waals surface area contributed by atoms with Crippen LogP contribution in [0.4, 0.5) is 0 Å². The number of carbonyl (C=O) groups excluding carboxylic acids is 1. The van der Waals surface area contributed by atoms with Crippen LogP contribution in [0.5, 0.6) is 0 Å². The molecule has 0 atom stereocenters. The molecule has 90 valence electrons. The molecule has 0 aliphatic carbocycles. The molecule has 0 saturated heterocycles. The number of nitrogens with two attached hydrogens (primary N) is 1. The first-order chi connectivity index (χ1) is 7.02. The molecule has 0 rings (SSSR count). The van der Waals surface area contributed by atoms with E-state index < -0.39 is 0 Å². The first kappa shape index (κ1) is 14.4. The van der Waals surface area contributed by atoms with Gasteiger partial charge in [-0.1, -0.05) is 27.7 Å². The molecule has 0 aromatic carbocycles. The van der Waals surface area contributed by atoms with Gasteiger partial charge < -0.3 is 11.1 Å². The molecule has 0 aromatic heterocycles. The summed E-state index contributed by atoms with van der Waals surface area (Å²) in [7, 11) is 0. The van der Waals surface area contributed by atoms with Gasteiger partial charge in [-0.05, 0) is 25.2 Å². The van der Waals surface area contributed by atoms with E-state index in [2.05, 4.69) is 33.0 Å². The number of hydrogen-bond donors (Lipinski definition) is 2. The summed E-state index contributed by atoms with van der Waals surface area (Å²) in [5.74, 6) is 0.722. The number of hydrogen-bond acceptors (Lipinski definition) is 2. The van der Waals surface area contributed by atoms with Gasteiger partial charge in [0, 0.05) is 18.5 Å². The number of carbonyl (C=O) groups is 1. The van der Waals surface area contributed by atoms with E-state index in [-0.39, 0.29) is 11.3 Å². The second-order valence-electron chi connectivity index (χ2n) is 4.63. The van der Waals surface area contributed by atoms with Gasteiger partial charge in [0.2, 0.25) is 5.91 Å². The average Bonchev–Trinajstić information content (AvgIpc) is 2.22. The van der Waals surface area contributed by atoms with E-state index in [0.717, 1.165) is 19.3 Å². The molecular formula is C12H26N2O. The smallest absolute Gasteiger partial charge is 0.226 e. The topological polar surface area (TPSA) is 55.1 Å². The van der Waals surface area contributed by atoms with E-state index in [4.69, 9.17) is 5.73 Å². The van der Waals surface area contributed by atoms with Crippen molar-refractivity contribution >= 4 is 5.91 Å². The molecular weight excluding hydrogens is 188 g/mol. The summed E-state index contributed by atoms with van der Waals surface area (Å²) < 4.78 is 0. The summed E-state index contributed by atoms with van der Waals surface area (Å²) in [6, 6.07) is 0. The van der Waals surface area contributed by atoms with Gasteiger partial charge in [-0.3, -0.25) is 4.79 Å². The summed E-state index contributed by atoms with van der Waals surface area (Å²) in [5, 5.41) is 2.92. The average molecular weight is 214 g/mol. The Morgan fingerprint density at radius 2 is 1.87 bits per heavy atom. The van der Waals surface area contributed by atoms with Crippen LogP contribution >= 0.6 is 0 Å². The Morgan fingerprint density at radius 1 is 1.33 bits per heavy atom. The fourth-order valence-electron chi connectivity index (χ4n) is 2.11. The van der Waals surface area contributed by atoms with Gasteiger partial charge in [0.1, 0.15) is 0 Å². The lowest BCUT2D eigenvalue weighted by Gasteiger charge is -2.32. The van der Waals surface area contributed by atoms with E-state index in [9.17, 15) is 4.79 Å². The Balaban J connectivity index is 4.52. The van der Waals surface area contributed by atoms with Crippen molar-refractivity contribution < 1.29 is 4.79 Å². The van der Waals surface area contributed by atoms with Crippen LogP contribution in [0.15, 0.2) is 0 Å². The minimum atomic E-state index is -0.191. The van der Waals surface area contributed by atoms with Crippen molar-refractivity contribution in [1.82, 2.24) is 5.32 Å². The quantitative estimate of drug-likeness (QED) is 0.680. The lowest BCUT2D eigenvalue weighted by molar-refractivity contribution is -0.132. The Labute approximate surface area is 93.8 Å². The maximum Gasteiger partial charge on any atom is 0.226 e. The van der Waals surface area contributed by atoms with Gasteiger partial charge >= 0.3 is 0 Å². The van der Waals surface area contributed by atoms with Gasteiger partial charge in [0.05, 0.1) is 0 Å². The highest BCUT2D eigenvalue weighted by molar-refractivity contribution is 5.82. The molecule has 15 heavy (non-hydrogen) atoms. The van der Waals surface area contributed by atoms with Crippen molar-refractivity contribution in [2.24, 2.45) is 17.1 Å². The molecule has 0 aromatic rings. The molecule has 0 aliphatic rings. The zero-order chi connectivity index (χ0) is 11.9. The fraction of sp³-hybridized carbons (Fsp3) is 0.917. The van der Waals surface area contributed by atoms with Crippen LogP contribution in [0.3, 0.4) is 0 Å². The second-order valence-corrected chi connectivity index (χ2v) is 4.63. The van der Waals surface area contributed by atoms with Gasteiger partial charge in [-0.25, -0.2) is 0 Å².